The Morgan fingerprint density at radius 3 is 2.58 bits per heavy atom. The molecule has 14 heteroatoms. The first kappa shape index (κ1) is 32.5. The number of nitrogens with zero attached hydrogens (tertiary/aromatic N) is 2. The van der Waals surface area contributed by atoms with Crippen LogP contribution in [0.2, 0.25) is 0 Å². The number of allylic oxidation sites excluding steroid dienone is 1. The largest absolute Gasteiger partial charge is 0.489 e. The average Bonchev–Trinajstić information content (AvgIpc) is 2.99. The topological polar surface area (TPSA) is 213 Å². The Kier molecular flexibility index (Phi) is 10.8. The summed E-state index contributed by atoms with van der Waals surface area (Å²) < 4.78 is 10.4. The van der Waals surface area contributed by atoms with Crippen molar-refractivity contribution >= 4 is 23.5 Å². The molecule has 14 nitrogen and oxygen atoms in total. The number of nitro benzene ring substituents is 1. The van der Waals surface area contributed by atoms with Crippen molar-refractivity contribution < 1.29 is 39.0 Å². The van der Waals surface area contributed by atoms with E-state index in [9.17, 15) is 34.7 Å². The lowest BCUT2D eigenvalue weighted by molar-refractivity contribution is -0.384. The Bertz CT molecular complexity index is 1450. The van der Waals surface area contributed by atoms with E-state index >= 15 is 0 Å². The van der Waals surface area contributed by atoms with Gasteiger partial charge in [-0.2, -0.15) is 5.26 Å². The van der Waals surface area contributed by atoms with Gasteiger partial charge >= 0.3 is 11.9 Å². The highest BCUT2D eigenvalue weighted by Crippen LogP contribution is 2.49. The molecule has 0 bridgehead atoms. The number of nitrogens with one attached hydrogen (secondary N) is 3. The summed E-state index contributed by atoms with van der Waals surface area (Å²) in [5.41, 5.74) is -2.10. The minimum atomic E-state index is -2.31. The second kappa shape index (κ2) is 14.3. The van der Waals surface area contributed by atoms with E-state index in [1.54, 1.807) is 24.3 Å². The number of aliphatic carboxylic acids is 1. The van der Waals surface area contributed by atoms with Crippen LogP contribution in [0.4, 0.5) is 5.69 Å². The fourth-order valence-electron chi connectivity index (χ4n) is 5.18. The number of rotatable bonds is 13. The Hall–Kier alpha value is -5.00. The molecule has 228 valence electrons. The maximum absolute atomic E-state index is 13.8. The molecular formula is C29H33N5O9. The lowest BCUT2D eigenvalue weighted by atomic mass is 9.61. The van der Waals surface area contributed by atoms with Gasteiger partial charge in [-0.05, 0) is 31.5 Å². The van der Waals surface area contributed by atoms with Gasteiger partial charge in [-0.15, -0.1) is 0 Å². The zero-order valence-electron chi connectivity index (χ0n) is 23.8. The molecule has 2 aromatic rings. The number of para-hydroxylation sites is 1. The summed E-state index contributed by atoms with van der Waals surface area (Å²) in [5.74, 6) is -4.46. The number of amides is 1. The maximum Gasteiger partial charge on any atom is 0.336 e. The number of hydrogen-bond acceptors (Lipinski definition) is 11. The number of aliphatic hydroxyl groups is 1. The molecule has 1 aliphatic heterocycles. The van der Waals surface area contributed by atoms with Gasteiger partial charge in [-0.3, -0.25) is 19.7 Å². The van der Waals surface area contributed by atoms with Crippen molar-refractivity contribution in [2.24, 2.45) is 5.41 Å². The van der Waals surface area contributed by atoms with Gasteiger partial charge < -0.3 is 35.6 Å². The summed E-state index contributed by atoms with van der Waals surface area (Å²) in [6.07, 6.45) is -0.954. The number of benzene rings is 2. The summed E-state index contributed by atoms with van der Waals surface area (Å²) in [6, 6.07) is 12.7. The van der Waals surface area contributed by atoms with Gasteiger partial charge in [-0.1, -0.05) is 24.3 Å². The molecule has 0 saturated heterocycles. The molecule has 5 N–H and O–H groups in total. The van der Waals surface area contributed by atoms with Crippen LogP contribution in [-0.2, 0) is 19.1 Å². The van der Waals surface area contributed by atoms with E-state index in [1.807, 2.05) is 6.07 Å². The number of esters is 1. The van der Waals surface area contributed by atoms with Crippen molar-refractivity contribution in [3.05, 3.63) is 81.0 Å². The van der Waals surface area contributed by atoms with Crippen LogP contribution in [0, 0.1) is 26.9 Å². The number of methoxy groups -OCH3 is 1. The number of carbonyl (C=O) groups excluding carboxylic acids is 2. The number of carboxylic acids is 1. The van der Waals surface area contributed by atoms with Gasteiger partial charge in [0.1, 0.15) is 24.5 Å². The van der Waals surface area contributed by atoms with Gasteiger partial charge in [0, 0.05) is 49.4 Å². The SMILES string of the molecule is COC(=O)C1=C(C)NC(C)C(C(=O)O)(C(=O)NCCNCC(O)COc2ccccc2C#N)C1c1cccc([N+](=O)[O-])c1. The second-order valence-corrected chi connectivity index (χ2v) is 9.89. The minimum absolute atomic E-state index is 0.0522. The molecule has 0 aliphatic carbocycles. The van der Waals surface area contributed by atoms with E-state index in [0.717, 1.165) is 13.2 Å². The van der Waals surface area contributed by atoms with Crippen molar-refractivity contribution in [2.75, 3.05) is 33.4 Å². The van der Waals surface area contributed by atoms with Crippen LogP contribution >= 0.6 is 0 Å². The number of ether oxygens (including phenoxy) is 2. The fourth-order valence-corrected chi connectivity index (χ4v) is 5.18. The van der Waals surface area contributed by atoms with Crippen molar-refractivity contribution in [1.82, 2.24) is 16.0 Å². The normalized spacial score (nSPS) is 20.3. The van der Waals surface area contributed by atoms with Crippen molar-refractivity contribution in [3.63, 3.8) is 0 Å². The first-order chi connectivity index (χ1) is 20.5. The van der Waals surface area contributed by atoms with Crippen LogP contribution in [-0.4, -0.2) is 78.5 Å². The Balaban J connectivity index is 1.78. The molecule has 4 atom stereocenters. The summed E-state index contributed by atoms with van der Waals surface area (Å²) in [7, 11) is 1.11. The van der Waals surface area contributed by atoms with Gasteiger partial charge in [0.05, 0.1) is 23.2 Å². The standard InChI is InChI=1S/C29H33N5O9/c1-17-24(26(36)42-3)25(19-8-6-9-21(13-19)34(40)41)29(28(38)39,18(2)33-17)27(37)32-12-11-31-15-22(35)16-43-23-10-5-4-7-20(23)14-30/h4-10,13,18,22,25,31,33,35H,11-12,15-16H2,1-3H3,(H,32,37)(H,38,39). The van der Waals surface area contributed by atoms with Crippen LogP contribution < -0.4 is 20.7 Å². The first-order valence-electron chi connectivity index (χ1n) is 13.3. The van der Waals surface area contributed by atoms with Crippen molar-refractivity contribution in [1.29, 1.82) is 5.26 Å². The number of carbonyl (C=O) groups is 3. The third-order valence-electron chi connectivity index (χ3n) is 7.22. The number of aliphatic hydroxyl groups excluding tert-OH is 1. The molecule has 1 heterocycles. The highest BCUT2D eigenvalue weighted by atomic mass is 16.6. The molecule has 0 saturated carbocycles. The Labute approximate surface area is 247 Å². The van der Waals surface area contributed by atoms with E-state index in [-0.39, 0.29) is 48.8 Å². The summed E-state index contributed by atoms with van der Waals surface area (Å²) in [6.45, 7) is 3.07. The fraction of sp³-hybridized carbons (Fsp3) is 0.379. The van der Waals surface area contributed by atoms with Crippen LogP contribution in [0.15, 0.2) is 59.8 Å². The number of carboxylic acid groups (broad SMARTS) is 1. The van der Waals surface area contributed by atoms with Crippen LogP contribution in [0.3, 0.4) is 0 Å². The van der Waals surface area contributed by atoms with E-state index in [2.05, 4.69) is 16.0 Å². The maximum atomic E-state index is 13.8. The van der Waals surface area contributed by atoms with Crippen LogP contribution in [0.5, 0.6) is 5.75 Å². The lowest BCUT2D eigenvalue weighted by Gasteiger charge is -2.45. The van der Waals surface area contributed by atoms with Crippen molar-refractivity contribution in [3.8, 4) is 11.8 Å². The van der Waals surface area contributed by atoms with Gasteiger partial charge in [0.15, 0.2) is 5.41 Å². The summed E-state index contributed by atoms with van der Waals surface area (Å²) in [5, 5.41) is 49.9. The molecular weight excluding hydrogens is 562 g/mol. The number of non-ortho nitro benzene ring substituents is 1. The molecule has 0 spiro atoms. The third-order valence-corrected chi connectivity index (χ3v) is 7.22. The molecule has 0 radical (unpaired) electrons. The molecule has 43 heavy (non-hydrogen) atoms. The quantitative estimate of drug-likeness (QED) is 0.0727. The number of nitriles is 1. The minimum Gasteiger partial charge on any atom is -0.489 e. The summed E-state index contributed by atoms with van der Waals surface area (Å²) in [4.78, 5) is 50.6. The molecule has 3 rings (SSSR count). The molecule has 1 amide bonds. The van der Waals surface area contributed by atoms with Crippen LogP contribution in [0.1, 0.15) is 30.9 Å². The second-order valence-electron chi connectivity index (χ2n) is 9.89. The van der Waals surface area contributed by atoms with Crippen LogP contribution in [0.25, 0.3) is 0 Å². The molecule has 1 aliphatic rings. The summed E-state index contributed by atoms with van der Waals surface area (Å²) >= 11 is 0. The Morgan fingerprint density at radius 2 is 1.93 bits per heavy atom. The molecule has 4 unspecified atom stereocenters. The predicted octanol–water partition coefficient (Wildman–Crippen LogP) is 1.21. The van der Waals surface area contributed by atoms with E-state index in [1.165, 1.54) is 32.0 Å². The van der Waals surface area contributed by atoms with Gasteiger partial charge in [-0.25, -0.2) is 4.79 Å². The number of hydrogen-bond donors (Lipinski definition) is 5. The average molecular weight is 596 g/mol. The Morgan fingerprint density at radius 1 is 1.21 bits per heavy atom. The smallest absolute Gasteiger partial charge is 0.336 e. The van der Waals surface area contributed by atoms with Gasteiger partial charge in [0.25, 0.3) is 5.69 Å². The zero-order valence-corrected chi connectivity index (χ0v) is 23.8. The third kappa shape index (κ3) is 6.91. The highest BCUT2D eigenvalue weighted by Gasteiger charge is 2.61. The monoisotopic (exact) mass is 595 g/mol. The van der Waals surface area contributed by atoms with Gasteiger partial charge in [0.2, 0.25) is 5.91 Å². The van der Waals surface area contributed by atoms with E-state index in [0.29, 0.717) is 11.3 Å². The zero-order chi connectivity index (χ0) is 31.7. The van der Waals surface area contributed by atoms with E-state index < -0.39 is 46.2 Å². The van der Waals surface area contributed by atoms with E-state index in [4.69, 9.17) is 14.7 Å². The number of nitro groups is 1. The molecule has 0 aromatic heterocycles. The first-order valence-corrected chi connectivity index (χ1v) is 13.3. The molecule has 2 aromatic carbocycles. The van der Waals surface area contributed by atoms with Crippen molar-refractivity contribution in [2.45, 2.75) is 31.9 Å². The predicted molar refractivity (Wildman–Crippen MR) is 152 cm³/mol. The highest BCUT2D eigenvalue weighted by molar-refractivity contribution is 6.07. The lowest BCUT2D eigenvalue weighted by Crippen LogP contribution is -2.63. The molecule has 0 fully saturated rings.